The molecule has 0 bridgehead atoms. The van der Waals surface area contributed by atoms with E-state index in [2.05, 4.69) is 4.74 Å². The average molecular weight is 314 g/mol. The molecule has 1 aromatic carbocycles. The maximum Gasteiger partial charge on any atom is 0.321 e. The monoisotopic (exact) mass is 314 g/mol. The number of anilines is 1. The minimum absolute atomic E-state index is 0.189. The van der Waals surface area contributed by atoms with Crippen molar-refractivity contribution in [2.75, 3.05) is 19.4 Å². The zero-order chi connectivity index (χ0) is 16.4. The number of hydrogen-bond acceptors (Lipinski definition) is 5. The lowest BCUT2D eigenvalue weighted by Crippen LogP contribution is -2.41. The summed E-state index contributed by atoms with van der Waals surface area (Å²) in [7, 11) is -2.58. The van der Waals surface area contributed by atoms with E-state index in [0.29, 0.717) is 16.8 Å². The standard InChI is InChI=1S/C14H22N2O4S/c1-9(2)16(8-13(17)20-5)21(18,19)14-10(3)6-12(15)7-11(14)4/h6-7,9H,8,15H2,1-5H3. The third-order valence-corrected chi connectivity index (χ3v) is 5.47. The van der Waals surface area contributed by atoms with Crippen LogP contribution in [-0.4, -0.2) is 38.4 Å². The van der Waals surface area contributed by atoms with Crippen LogP contribution in [0.25, 0.3) is 0 Å². The van der Waals surface area contributed by atoms with E-state index in [1.165, 1.54) is 7.11 Å². The van der Waals surface area contributed by atoms with E-state index in [-0.39, 0.29) is 17.5 Å². The van der Waals surface area contributed by atoms with Gasteiger partial charge in [-0.3, -0.25) is 4.79 Å². The van der Waals surface area contributed by atoms with Crippen molar-refractivity contribution in [2.24, 2.45) is 0 Å². The molecular weight excluding hydrogens is 292 g/mol. The van der Waals surface area contributed by atoms with Gasteiger partial charge in [0.2, 0.25) is 10.0 Å². The Morgan fingerprint density at radius 2 is 1.76 bits per heavy atom. The summed E-state index contributed by atoms with van der Waals surface area (Å²) in [5.41, 5.74) is 7.35. The molecule has 0 radical (unpaired) electrons. The molecular formula is C14H22N2O4S. The van der Waals surface area contributed by atoms with Gasteiger partial charge in [-0.1, -0.05) is 0 Å². The molecule has 7 heteroatoms. The smallest absolute Gasteiger partial charge is 0.321 e. The fourth-order valence-electron chi connectivity index (χ4n) is 2.24. The van der Waals surface area contributed by atoms with Crippen LogP contribution in [0.15, 0.2) is 17.0 Å². The van der Waals surface area contributed by atoms with Gasteiger partial charge in [0, 0.05) is 11.7 Å². The number of esters is 1. The summed E-state index contributed by atoms with van der Waals surface area (Å²) in [5.74, 6) is -0.599. The Bertz CT molecular complexity index is 615. The van der Waals surface area contributed by atoms with Crippen molar-refractivity contribution in [3.63, 3.8) is 0 Å². The Hall–Kier alpha value is -1.60. The highest BCUT2D eigenvalue weighted by Crippen LogP contribution is 2.27. The molecule has 0 unspecified atom stereocenters. The van der Waals surface area contributed by atoms with Crippen LogP contribution in [0.3, 0.4) is 0 Å². The van der Waals surface area contributed by atoms with Crippen molar-refractivity contribution in [3.05, 3.63) is 23.3 Å². The van der Waals surface area contributed by atoms with Gasteiger partial charge < -0.3 is 10.5 Å². The van der Waals surface area contributed by atoms with Crippen molar-refractivity contribution in [3.8, 4) is 0 Å². The zero-order valence-electron chi connectivity index (χ0n) is 13.0. The number of sulfonamides is 1. The second-order valence-corrected chi connectivity index (χ2v) is 7.03. The lowest BCUT2D eigenvalue weighted by atomic mass is 10.1. The van der Waals surface area contributed by atoms with Gasteiger partial charge in [0.15, 0.2) is 0 Å². The summed E-state index contributed by atoms with van der Waals surface area (Å²) in [6.07, 6.45) is 0. The normalized spacial score (nSPS) is 12.0. The highest BCUT2D eigenvalue weighted by atomic mass is 32.2. The third kappa shape index (κ3) is 3.74. The molecule has 1 rings (SSSR count). The van der Waals surface area contributed by atoms with Crippen LogP contribution in [0, 0.1) is 13.8 Å². The van der Waals surface area contributed by atoms with Crippen LogP contribution in [0.2, 0.25) is 0 Å². The van der Waals surface area contributed by atoms with E-state index in [0.717, 1.165) is 4.31 Å². The van der Waals surface area contributed by atoms with Crippen LogP contribution in [0.5, 0.6) is 0 Å². The predicted octanol–water partition coefficient (Wildman–Crippen LogP) is 1.46. The molecule has 0 fully saturated rings. The summed E-state index contributed by atoms with van der Waals surface area (Å²) in [6.45, 7) is 6.48. The number of rotatable bonds is 5. The molecule has 0 saturated heterocycles. The summed E-state index contributed by atoms with van der Waals surface area (Å²) >= 11 is 0. The Kier molecular flexibility index (Phi) is 5.36. The number of nitrogens with zero attached hydrogens (tertiary/aromatic N) is 1. The van der Waals surface area contributed by atoms with Crippen molar-refractivity contribution in [1.82, 2.24) is 4.31 Å². The molecule has 0 aromatic heterocycles. The Labute approximate surface area is 125 Å². The highest BCUT2D eigenvalue weighted by molar-refractivity contribution is 7.89. The van der Waals surface area contributed by atoms with Crippen LogP contribution in [0.4, 0.5) is 5.69 Å². The van der Waals surface area contributed by atoms with Crippen molar-refractivity contribution in [2.45, 2.75) is 38.6 Å². The van der Waals surface area contributed by atoms with E-state index in [1.807, 2.05) is 0 Å². The van der Waals surface area contributed by atoms with Gasteiger partial charge in [0.1, 0.15) is 6.54 Å². The first-order chi connectivity index (χ1) is 9.61. The van der Waals surface area contributed by atoms with E-state index in [4.69, 9.17) is 5.73 Å². The molecule has 0 aliphatic rings. The van der Waals surface area contributed by atoms with Crippen LogP contribution in [-0.2, 0) is 19.6 Å². The second-order valence-electron chi connectivity index (χ2n) is 5.20. The summed E-state index contributed by atoms with van der Waals surface area (Å²) in [5, 5.41) is 0. The minimum atomic E-state index is -3.81. The Balaban J connectivity index is 3.40. The predicted molar refractivity (Wildman–Crippen MR) is 81.4 cm³/mol. The first-order valence-corrected chi connectivity index (χ1v) is 8.00. The molecule has 0 aliphatic carbocycles. The van der Waals surface area contributed by atoms with E-state index in [1.54, 1.807) is 39.8 Å². The second kappa shape index (κ2) is 6.44. The van der Waals surface area contributed by atoms with E-state index in [9.17, 15) is 13.2 Å². The zero-order valence-corrected chi connectivity index (χ0v) is 13.8. The summed E-state index contributed by atoms with van der Waals surface area (Å²) < 4.78 is 31.4. The lowest BCUT2D eigenvalue weighted by Gasteiger charge is -2.26. The van der Waals surface area contributed by atoms with E-state index < -0.39 is 16.0 Å². The highest BCUT2D eigenvalue weighted by Gasteiger charge is 2.31. The summed E-state index contributed by atoms with van der Waals surface area (Å²) in [6, 6.07) is 2.85. The van der Waals surface area contributed by atoms with Crippen LogP contribution in [0.1, 0.15) is 25.0 Å². The number of carbonyl (C=O) groups excluding carboxylic acids is 1. The first kappa shape index (κ1) is 17.5. The van der Waals surface area contributed by atoms with Crippen LogP contribution >= 0.6 is 0 Å². The maximum absolute atomic E-state index is 12.9. The van der Waals surface area contributed by atoms with Gasteiger partial charge >= 0.3 is 5.97 Å². The topological polar surface area (TPSA) is 89.7 Å². The fraction of sp³-hybridized carbons (Fsp3) is 0.500. The number of aryl methyl sites for hydroxylation is 2. The average Bonchev–Trinajstić information content (AvgIpc) is 2.33. The number of hydrogen-bond donors (Lipinski definition) is 1. The van der Waals surface area contributed by atoms with Gasteiger partial charge in [-0.05, 0) is 51.0 Å². The third-order valence-electron chi connectivity index (χ3n) is 3.14. The first-order valence-electron chi connectivity index (χ1n) is 6.56. The molecule has 0 aliphatic heterocycles. The molecule has 6 nitrogen and oxygen atoms in total. The number of nitrogen functional groups attached to an aromatic ring is 1. The molecule has 2 N–H and O–H groups in total. The molecule has 0 spiro atoms. The molecule has 0 atom stereocenters. The van der Waals surface area contributed by atoms with Crippen LogP contribution < -0.4 is 5.73 Å². The molecule has 0 saturated carbocycles. The number of benzene rings is 1. The number of methoxy groups -OCH3 is 1. The van der Waals surface area contributed by atoms with E-state index >= 15 is 0 Å². The molecule has 0 amide bonds. The Morgan fingerprint density at radius 1 is 1.29 bits per heavy atom. The van der Waals surface area contributed by atoms with Gasteiger partial charge in [0.05, 0.1) is 12.0 Å². The largest absolute Gasteiger partial charge is 0.468 e. The quantitative estimate of drug-likeness (QED) is 0.656. The fourth-order valence-corrected chi connectivity index (χ4v) is 4.24. The number of nitrogens with two attached hydrogens (primary N) is 1. The summed E-state index contributed by atoms with van der Waals surface area (Å²) in [4.78, 5) is 11.7. The van der Waals surface area contributed by atoms with Crippen molar-refractivity contribution < 1.29 is 17.9 Å². The molecule has 21 heavy (non-hydrogen) atoms. The molecule has 1 aromatic rings. The van der Waals surface area contributed by atoms with Crippen molar-refractivity contribution in [1.29, 1.82) is 0 Å². The SMILES string of the molecule is COC(=O)CN(C(C)C)S(=O)(=O)c1c(C)cc(N)cc1C. The van der Waals surface area contributed by atoms with Crippen molar-refractivity contribution >= 4 is 21.7 Å². The van der Waals surface area contributed by atoms with Gasteiger partial charge in [0.25, 0.3) is 0 Å². The molecule has 0 heterocycles. The van der Waals surface area contributed by atoms with Gasteiger partial charge in [-0.15, -0.1) is 0 Å². The minimum Gasteiger partial charge on any atom is -0.468 e. The Morgan fingerprint density at radius 3 is 2.14 bits per heavy atom. The number of ether oxygens (including phenoxy) is 1. The molecule has 118 valence electrons. The lowest BCUT2D eigenvalue weighted by molar-refractivity contribution is -0.141. The van der Waals surface area contributed by atoms with Gasteiger partial charge in [-0.2, -0.15) is 4.31 Å². The maximum atomic E-state index is 12.9. The number of carbonyl (C=O) groups is 1. The van der Waals surface area contributed by atoms with Gasteiger partial charge in [-0.25, -0.2) is 8.42 Å².